The number of esters is 1. The van der Waals surface area contributed by atoms with Crippen molar-refractivity contribution in [2.75, 3.05) is 4.72 Å². The summed E-state index contributed by atoms with van der Waals surface area (Å²) in [4.78, 5) is 31.5. The van der Waals surface area contributed by atoms with E-state index in [1.807, 2.05) is 13.0 Å². The number of halogens is 2. The normalized spacial score (nSPS) is 16.6. The van der Waals surface area contributed by atoms with Crippen molar-refractivity contribution in [2.24, 2.45) is 5.92 Å². The number of nitrogens with zero attached hydrogens (tertiary/aromatic N) is 2. The molecule has 0 aliphatic carbocycles. The molecule has 1 N–H and O–H groups in total. The van der Waals surface area contributed by atoms with Crippen molar-refractivity contribution in [3.05, 3.63) is 125 Å². The molecule has 0 radical (unpaired) electrons. The summed E-state index contributed by atoms with van der Waals surface area (Å²) in [6.45, 7) is 1.84. The maximum absolute atomic E-state index is 13.9. The highest BCUT2D eigenvalue weighted by molar-refractivity contribution is 7.92. The van der Waals surface area contributed by atoms with Gasteiger partial charge in [-0.1, -0.05) is 43.3 Å². The third-order valence-electron chi connectivity index (χ3n) is 8.53. The summed E-state index contributed by atoms with van der Waals surface area (Å²) in [6.07, 6.45) is 3.10. The summed E-state index contributed by atoms with van der Waals surface area (Å²) >= 11 is 0. The van der Waals surface area contributed by atoms with Crippen LogP contribution in [0.5, 0.6) is 0 Å². The fourth-order valence-electron chi connectivity index (χ4n) is 6.02. The van der Waals surface area contributed by atoms with Gasteiger partial charge >= 0.3 is 5.97 Å². The van der Waals surface area contributed by atoms with Crippen LogP contribution >= 0.6 is 0 Å². The van der Waals surface area contributed by atoms with Crippen LogP contribution in [0.1, 0.15) is 60.8 Å². The SMILES string of the molecule is CCC(c1cccc(NS(=O)(=O)c2ccc(C#N)cn2)c1)C1C(=O)CC(CCc2ccc(F)cc2)(CCc2ccc(F)cc2)OC1=O. The van der Waals surface area contributed by atoms with Crippen LogP contribution < -0.4 is 4.72 Å². The zero-order chi connectivity index (χ0) is 33.6. The Morgan fingerprint density at radius 3 is 2.09 bits per heavy atom. The van der Waals surface area contributed by atoms with E-state index in [2.05, 4.69) is 9.71 Å². The number of Topliss-reactive ketones (excluding diaryl/α,β-unsaturated/α-hetero) is 1. The van der Waals surface area contributed by atoms with E-state index in [9.17, 15) is 26.8 Å². The Balaban J connectivity index is 1.36. The predicted octanol–water partition coefficient (Wildman–Crippen LogP) is 6.66. The highest BCUT2D eigenvalue weighted by Crippen LogP contribution is 2.41. The van der Waals surface area contributed by atoms with Crippen molar-refractivity contribution in [2.45, 2.75) is 62.0 Å². The Bertz CT molecular complexity index is 1820. The first kappa shape index (κ1) is 33.4. The molecule has 1 fully saturated rings. The number of anilines is 1. The number of pyridine rings is 1. The Morgan fingerprint density at radius 1 is 0.957 bits per heavy atom. The molecule has 0 bridgehead atoms. The topological polar surface area (TPSA) is 126 Å². The van der Waals surface area contributed by atoms with Gasteiger partial charge in [-0.3, -0.25) is 14.3 Å². The molecule has 1 aliphatic heterocycles. The van der Waals surface area contributed by atoms with E-state index in [4.69, 9.17) is 10.00 Å². The second-order valence-electron chi connectivity index (χ2n) is 11.7. The van der Waals surface area contributed by atoms with Gasteiger partial charge < -0.3 is 4.74 Å². The van der Waals surface area contributed by atoms with Crippen LogP contribution in [0, 0.1) is 28.9 Å². The molecule has 2 unspecified atom stereocenters. The third-order valence-corrected chi connectivity index (χ3v) is 9.83. The second-order valence-corrected chi connectivity index (χ2v) is 13.3. The van der Waals surface area contributed by atoms with Crippen LogP contribution in [0.4, 0.5) is 14.5 Å². The summed E-state index contributed by atoms with van der Waals surface area (Å²) in [5.74, 6) is -3.35. The van der Waals surface area contributed by atoms with Crippen LogP contribution in [0.3, 0.4) is 0 Å². The highest BCUT2D eigenvalue weighted by atomic mass is 32.2. The number of ether oxygens (including phenoxy) is 1. The lowest BCUT2D eigenvalue weighted by Crippen LogP contribution is -2.49. The molecule has 242 valence electrons. The van der Waals surface area contributed by atoms with Gasteiger partial charge in [0.2, 0.25) is 0 Å². The standard InChI is InChI=1S/C36H33F2N3O5S/c1-2-31(27-4-3-5-30(20-27)41-47(44,45)33-15-10-26(22-39)23-40-33)34-32(42)21-36(46-35(34)43,18-16-24-6-11-28(37)12-7-24)19-17-25-8-13-29(38)14-9-25/h3-15,20,23,31,34,41H,2,16-19,21H2,1H3. The molecule has 1 aliphatic rings. The van der Waals surface area contributed by atoms with E-state index < -0.39 is 33.4 Å². The van der Waals surface area contributed by atoms with Crippen molar-refractivity contribution in [1.29, 1.82) is 5.26 Å². The Labute approximate surface area is 272 Å². The van der Waals surface area contributed by atoms with E-state index in [-0.39, 0.29) is 40.1 Å². The lowest BCUT2D eigenvalue weighted by atomic mass is 9.74. The number of hydrogen-bond acceptors (Lipinski definition) is 7. The van der Waals surface area contributed by atoms with Gasteiger partial charge in [0.05, 0.1) is 5.56 Å². The number of ketones is 1. The summed E-state index contributed by atoms with van der Waals surface area (Å²) in [5, 5.41) is 8.71. The quantitative estimate of drug-likeness (QED) is 0.133. The number of nitrogens with one attached hydrogen (secondary N) is 1. The third kappa shape index (κ3) is 8.07. The summed E-state index contributed by atoms with van der Waals surface area (Å²) in [6, 6.07) is 23.0. The monoisotopic (exact) mass is 657 g/mol. The first-order valence-corrected chi connectivity index (χ1v) is 16.7. The molecule has 0 spiro atoms. The number of benzene rings is 3. The maximum atomic E-state index is 13.9. The Morgan fingerprint density at radius 2 is 1.57 bits per heavy atom. The van der Waals surface area contributed by atoms with E-state index in [1.54, 1.807) is 48.5 Å². The van der Waals surface area contributed by atoms with E-state index in [1.165, 1.54) is 36.4 Å². The number of hydrogen-bond donors (Lipinski definition) is 1. The largest absolute Gasteiger partial charge is 0.458 e. The van der Waals surface area contributed by atoms with Gasteiger partial charge in [-0.2, -0.15) is 13.7 Å². The predicted molar refractivity (Wildman–Crippen MR) is 171 cm³/mol. The van der Waals surface area contributed by atoms with E-state index in [0.29, 0.717) is 37.7 Å². The minimum absolute atomic E-state index is 0.0288. The number of cyclic esters (lactones) is 1. The van der Waals surface area contributed by atoms with Crippen LogP contribution in [-0.4, -0.2) is 30.8 Å². The van der Waals surface area contributed by atoms with Gasteiger partial charge in [0.25, 0.3) is 10.0 Å². The van der Waals surface area contributed by atoms with Gasteiger partial charge in [0.15, 0.2) is 10.8 Å². The summed E-state index contributed by atoms with van der Waals surface area (Å²) < 4.78 is 61.6. The highest BCUT2D eigenvalue weighted by Gasteiger charge is 2.49. The lowest BCUT2D eigenvalue weighted by Gasteiger charge is -2.41. The summed E-state index contributed by atoms with van der Waals surface area (Å²) in [7, 11) is -4.08. The number of carbonyl (C=O) groups excluding carboxylic acids is 2. The zero-order valence-corrected chi connectivity index (χ0v) is 26.5. The Hall–Kier alpha value is -4.95. The van der Waals surface area contributed by atoms with Gasteiger partial charge in [-0.05, 0) is 97.3 Å². The van der Waals surface area contributed by atoms with Gasteiger partial charge in [-0.15, -0.1) is 0 Å². The van der Waals surface area contributed by atoms with Crippen molar-refractivity contribution in [3.8, 4) is 6.07 Å². The van der Waals surface area contributed by atoms with Crippen LogP contribution in [-0.2, 0) is 37.2 Å². The second kappa shape index (κ2) is 14.2. The number of sulfonamides is 1. The molecule has 2 heterocycles. The van der Waals surface area contributed by atoms with Crippen LogP contribution in [0.15, 0.2) is 96.2 Å². The molecule has 0 saturated carbocycles. The smallest absolute Gasteiger partial charge is 0.317 e. The number of rotatable bonds is 12. The minimum atomic E-state index is -4.08. The average Bonchev–Trinajstić information content (AvgIpc) is 3.06. The Kier molecular flexibility index (Phi) is 10.1. The molecule has 4 aromatic rings. The van der Waals surface area contributed by atoms with Crippen molar-refractivity contribution < 1.29 is 31.5 Å². The van der Waals surface area contributed by atoms with Gasteiger partial charge in [0.1, 0.15) is 29.2 Å². The average molecular weight is 658 g/mol. The molecule has 11 heteroatoms. The van der Waals surface area contributed by atoms with E-state index in [0.717, 1.165) is 17.3 Å². The molecule has 1 aromatic heterocycles. The van der Waals surface area contributed by atoms with Crippen molar-refractivity contribution in [1.82, 2.24) is 4.98 Å². The summed E-state index contributed by atoms with van der Waals surface area (Å²) in [5.41, 5.74) is 1.57. The first-order valence-electron chi connectivity index (χ1n) is 15.2. The molecule has 8 nitrogen and oxygen atoms in total. The number of carbonyl (C=O) groups is 2. The molecule has 2 atom stereocenters. The molecule has 3 aromatic carbocycles. The fourth-order valence-corrected chi connectivity index (χ4v) is 7.00. The number of nitriles is 1. The first-order chi connectivity index (χ1) is 22.5. The molecule has 47 heavy (non-hydrogen) atoms. The fraction of sp³-hybridized carbons (Fsp3) is 0.278. The number of aromatic nitrogens is 1. The maximum Gasteiger partial charge on any atom is 0.317 e. The minimum Gasteiger partial charge on any atom is -0.458 e. The lowest BCUT2D eigenvalue weighted by molar-refractivity contribution is -0.180. The van der Waals surface area contributed by atoms with E-state index >= 15 is 0 Å². The van der Waals surface area contributed by atoms with Crippen molar-refractivity contribution >= 4 is 27.5 Å². The molecular formula is C36H33F2N3O5S. The molecule has 0 amide bonds. The zero-order valence-electron chi connectivity index (χ0n) is 25.7. The van der Waals surface area contributed by atoms with Gasteiger partial charge in [0, 0.05) is 24.2 Å². The number of aryl methyl sites for hydroxylation is 2. The van der Waals surface area contributed by atoms with Crippen LogP contribution in [0.25, 0.3) is 0 Å². The van der Waals surface area contributed by atoms with Crippen molar-refractivity contribution in [3.63, 3.8) is 0 Å². The molecule has 1 saturated heterocycles. The molecule has 5 rings (SSSR count). The van der Waals surface area contributed by atoms with Crippen LogP contribution in [0.2, 0.25) is 0 Å². The molecular weight excluding hydrogens is 624 g/mol. The van der Waals surface area contributed by atoms with Gasteiger partial charge in [-0.25, -0.2) is 13.8 Å².